The number of rotatable bonds is 6. The van der Waals surface area contributed by atoms with Crippen molar-refractivity contribution in [1.29, 1.82) is 0 Å². The second kappa shape index (κ2) is 6.78. The van der Waals surface area contributed by atoms with Crippen LogP contribution in [-0.2, 0) is 18.9 Å². The van der Waals surface area contributed by atoms with E-state index in [1.807, 2.05) is 0 Å². The first-order chi connectivity index (χ1) is 6.86. The summed E-state index contributed by atoms with van der Waals surface area (Å²) in [5.74, 6) is 0. The number of ether oxygens (including phenoxy) is 4. The Bertz CT molecular complexity index is 141. The van der Waals surface area contributed by atoms with Crippen LogP contribution in [0.25, 0.3) is 0 Å². The number of aliphatic hydroxyl groups excluding tert-OH is 1. The maximum Gasteiger partial charge on any atom is 0.185 e. The highest BCUT2D eigenvalue weighted by atomic mass is 16.6. The number of hydrogen-bond acceptors (Lipinski definition) is 5. The lowest BCUT2D eigenvalue weighted by Crippen LogP contribution is -2.06. The van der Waals surface area contributed by atoms with Crippen molar-refractivity contribution in [2.45, 2.75) is 12.2 Å². The minimum atomic E-state index is -0.274. The third-order valence-electron chi connectivity index (χ3n) is 1.60. The molecule has 82 valence electrons. The Morgan fingerprint density at radius 2 is 1.79 bits per heavy atom. The van der Waals surface area contributed by atoms with Gasteiger partial charge in [-0.15, -0.1) is 0 Å². The molecule has 2 saturated heterocycles. The first-order valence-corrected chi connectivity index (χ1v) is 4.51. The molecule has 0 aromatic heterocycles. The molecule has 0 radical (unpaired) electrons. The SMILES string of the molecule is C(OCC1CO1)C1CO1.C=COCO. The van der Waals surface area contributed by atoms with E-state index in [0.717, 1.165) is 26.4 Å². The van der Waals surface area contributed by atoms with Crippen molar-refractivity contribution in [1.82, 2.24) is 0 Å². The van der Waals surface area contributed by atoms with E-state index >= 15 is 0 Å². The van der Waals surface area contributed by atoms with Crippen molar-refractivity contribution in [3.63, 3.8) is 0 Å². The van der Waals surface area contributed by atoms with Crippen molar-refractivity contribution in [2.24, 2.45) is 0 Å². The van der Waals surface area contributed by atoms with Gasteiger partial charge in [-0.1, -0.05) is 6.58 Å². The third-order valence-corrected chi connectivity index (χ3v) is 1.60. The molecule has 1 N–H and O–H groups in total. The summed E-state index contributed by atoms with van der Waals surface area (Å²) >= 11 is 0. The van der Waals surface area contributed by atoms with E-state index in [-0.39, 0.29) is 6.79 Å². The van der Waals surface area contributed by atoms with Gasteiger partial charge in [0.2, 0.25) is 0 Å². The molecule has 2 rings (SSSR count). The van der Waals surface area contributed by atoms with Crippen LogP contribution < -0.4 is 0 Å². The summed E-state index contributed by atoms with van der Waals surface area (Å²) in [5, 5.41) is 7.77. The largest absolute Gasteiger partial charge is 0.476 e. The smallest absolute Gasteiger partial charge is 0.185 e. The summed E-state index contributed by atoms with van der Waals surface area (Å²) in [7, 11) is 0. The van der Waals surface area contributed by atoms with Crippen LogP contribution in [-0.4, -0.2) is 50.5 Å². The lowest BCUT2D eigenvalue weighted by Gasteiger charge is -1.95. The molecular weight excluding hydrogens is 188 g/mol. The van der Waals surface area contributed by atoms with Crippen molar-refractivity contribution in [3.05, 3.63) is 12.8 Å². The monoisotopic (exact) mass is 204 g/mol. The second-order valence-corrected chi connectivity index (χ2v) is 2.91. The van der Waals surface area contributed by atoms with Crippen LogP contribution in [0, 0.1) is 0 Å². The van der Waals surface area contributed by atoms with E-state index in [4.69, 9.17) is 19.3 Å². The quantitative estimate of drug-likeness (QED) is 0.372. The van der Waals surface area contributed by atoms with E-state index in [2.05, 4.69) is 11.3 Å². The number of epoxide rings is 2. The van der Waals surface area contributed by atoms with E-state index in [1.54, 1.807) is 0 Å². The Balaban J connectivity index is 0.000000171. The molecular formula is C9H16O5. The molecule has 0 bridgehead atoms. The fraction of sp³-hybridized carbons (Fsp3) is 0.778. The van der Waals surface area contributed by atoms with Crippen LogP contribution in [0.3, 0.4) is 0 Å². The summed E-state index contributed by atoms with van der Waals surface area (Å²) < 4.78 is 19.3. The van der Waals surface area contributed by atoms with Gasteiger partial charge in [-0.25, -0.2) is 0 Å². The predicted molar refractivity (Wildman–Crippen MR) is 48.7 cm³/mol. The highest BCUT2D eigenvalue weighted by Gasteiger charge is 2.26. The molecule has 2 heterocycles. The Morgan fingerprint density at radius 3 is 2.00 bits per heavy atom. The molecule has 0 aromatic rings. The molecule has 0 amide bonds. The maximum absolute atomic E-state index is 7.77. The molecule has 2 aliphatic heterocycles. The van der Waals surface area contributed by atoms with Crippen LogP contribution in [0.4, 0.5) is 0 Å². The van der Waals surface area contributed by atoms with Gasteiger partial charge in [-0.3, -0.25) is 0 Å². The van der Waals surface area contributed by atoms with Crippen molar-refractivity contribution in [2.75, 3.05) is 33.2 Å². The minimum absolute atomic E-state index is 0.274. The highest BCUT2D eigenvalue weighted by molar-refractivity contribution is 4.71. The van der Waals surface area contributed by atoms with Gasteiger partial charge in [-0.05, 0) is 0 Å². The average Bonchev–Trinajstić information content (AvgIpc) is 3.01. The lowest BCUT2D eigenvalue weighted by atomic mass is 10.5. The Kier molecular flexibility index (Phi) is 5.55. The van der Waals surface area contributed by atoms with Crippen LogP contribution in [0.15, 0.2) is 12.8 Å². The van der Waals surface area contributed by atoms with Gasteiger partial charge in [0.05, 0.1) is 32.7 Å². The molecule has 0 spiro atoms. The maximum atomic E-state index is 7.77. The van der Waals surface area contributed by atoms with Gasteiger partial charge in [0.25, 0.3) is 0 Å². The van der Waals surface area contributed by atoms with E-state index in [9.17, 15) is 0 Å². The topological polar surface area (TPSA) is 63.8 Å². The predicted octanol–water partition coefficient (Wildman–Crippen LogP) is -0.103. The summed E-state index contributed by atoms with van der Waals surface area (Å²) in [4.78, 5) is 0. The first kappa shape index (κ1) is 11.5. The molecule has 2 unspecified atom stereocenters. The lowest BCUT2D eigenvalue weighted by molar-refractivity contribution is 0.0608. The Morgan fingerprint density at radius 1 is 1.29 bits per heavy atom. The third kappa shape index (κ3) is 6.85. The summed E-state index contributed by atoms with van der Waals surface area (Å²) in [5.41, 5.74) is 0. The van der Waals surface area contributed by atoms with E-state index in [0.29, 0.717) is 12.2 Å². The Labute approximate surface area is 83.2 Å². The van der Waals surface area contributed by atoms with Crippen molar-refractivity contribution < 1.29 is 24.1 Å². The van der Waals surface area contributed by atoms with Gasteiger partial charge >= 0.3 is 0 Å². The Hall–Kier alpha value is -0.620. The molecule has 2 fully saturated rings. The summed E-state index contributed by atoms with van der Waals surface area (Å²) in [6.45, 7) is 6.15. The van der Waals surface area contributed by atoms with Gasteiger partial charge in [-0.2, -0.15) is 0 Å². The van der Waals surface area contributed by atoms with Crippen LogP contribution in [0.5, 0.6) is 0 Å². The van der Waals surface area contributed by atoms with E-state index in [1.165, 1.54) is 6.26 Å². The van der Waals surface area contributed by atoms with Crippen molar-refractivity contribution >= 4 is 0 Å². The van der Waals surface area contributed by atoms with Crippen LogP contribution in [0.1, 0.15) is 0 Å². The van der Waals surface area contributed by atoms with Crippen LogP contribution >= 0.6 is 0 Å². The zero-order chi connectivity index (χ0) is 10.2. The second-order valence-electron chi connectivity index (χ2n) is 2.91. The van der Waals surface area contributed by atoms with E-state index < -0.39 is 0 Å². The number of aliphatic hydroxyl groups is 1. The zero-order valence-electron chi connectivity index (χ0n) is 8.05. The van der Waals surface area contributed by atoms with Gasteiger partial charge < -0.3 is 24.1 Å². The molecule has 2 aliphatic rings. The molecule has 0 saturated carbocycles. The van der Waals surface area contributed by atoms with Gasteiger partial charge in [0.15, 0.2) is 6.79 Å². The molecule has 2 atom stereocenters. The molecule has 0 aromatic carbocycles. The number of hydrogen-bond donors (Lipinski definition) is 1. The van der Waals surface area contributed by atoms with Gasteiger partial charge in [0, 0.05) is 0 Å². The average molecular weight is 204 g/mol. The molecule has 14 heavy (non-hydrogen) atoms. The molecule has 0 aliphatic carbocycles. The minimum Gasteiger partial charge on any atom is -0.476 e. The highest BCUT2D eigenvalue weighted by Crippen LogP contribution is 2.12. The van der Waals surface area contributed by atoms with Crippen LogP contribution in [0.2, 0.25) is 0 Å². The molecule has 5 nitrogen and oxygen atoms in total. The normalized spacial score (nSPS) is 27.2. The first-order valence-electron chi connectivity index (χ1n) is 4.51. The zero-order valence-corrected chi connectivity index (χ0v) is 8.05. The molecule has 5 heteroatoms. The fourth-order valence-corrected chi connectivity index (χ4v) is 0.712. The standard InChI is InChI=1S/C6H10O3.C3H6O2/c1(5-3-8-5)7-2-6-4-9-6;1-2-5-3-4/h5-6H,1-4H2;2,4H,1,3H2. The fourth-order valence-electron chi connectivity index (χ4n) is 0.712. The summed E-state index contributed by atoms with van der Waals surface area (Å²) in [6.07, 6.45) is 1.97. The van der Waals surface area contributed by atoms with Crippen molar-refractivity contribution in [3.8, 4) is 0 Å². The van der Waals surface area contributed by atoms with Gasteiger partial charge in [0.1, 0.15) is 12.2 Å². The summed E-state index contributed by atoms with van der Waals surface area (Å²) in [6, 6.07) is 0.